The van der Waals surface area contributed by atoms with Gasteiger partial charge in [0.25, 0.3) is 5.72 Å². The highest BCUT2D eigenvalue weighted by Crippen LogP contribution is 2.43. The molecule has 2 aromatic rings. The topological polar surface area (TPSA) is 79.8 Å². The summed E-state index contributed by atoms with van der Waals surface area (Å²) in [5.74, 6) is -2.75. The van der Waals surface area contributed by atoms with Crippen LogP contribution in [0.5, 0.6) is 5.75 Å². The summed E-state index contributed by atoms with van der Waals surface area (Å²) in [6.45, 7) is 1.63. The molecule has 3 atom stereocenters. The minimum atomic E-state index is -5.19. The van der Waals surface area contributed by atoms with Crippen LogP contribution >= 0.6 is 12.2 Å². The summed E-state index contributed by atoms with van der Waals surface area (Å²) >= 11 is 4.87. The molecule has 0 radical (unpaired) electrons. The van der Waals surface area contributed by atoms with Gasteiger partial charge < -0.3 is 25.2 Å². The van der Waals surface area contributed by atoms with E-state index < -0.39 is 34.9 Å². The summed E-state index contributed by atoms with van der Waals surface area (Å²) in [5, 5.41) is 14.4. The minimum absolute atomic E-state index is 0.146. The summed E-state index contributed by atoms with van der Waals surface area (Å²) in [5.41, 5.74) is -2.33. The van der Waals surface area contributed by atoms with E-state index in [2.05, 4.69) is 5.32 Å². The van der Waals surface area contributed by atoms with E-state index in [1.807, 2.05) is 30.3 Å². The van der Waals surface area contributed by atoms with Crippen LogP contribution in [-0.4, -0.2) is 34.7 Å². The number of alkyl halides is 3. The van der Waals surface area contributed by atoms with Crippen LogP contribution in [0.25, 0.3) is 0 Å². The Balaban J connectivity index is 1.87. The summed E-state index contributed by atoms with van der Waals surface area (Å²) < 4.78 is 51.7. The molecule has 0 spiro atoms. The second-order valence-corrected chi connectivity index (χ2v) is 7.32. The Bertz CT molecular complexity index is 924. The largest absolute Gasteiger partial charge is 0.489 e. The van der Waals surface area contributed by atoms with Crippen LogP contribution in [0, 0.1) is 5.92 Å². The summed E-state index contributed by atoms with van der Waals surface area (Å²) in [6, 6.07) is 14.3. The zero-order valence-electron chi connectivity index (χ0n) is 16.5. The number of hydrogen-bond acceptors (Lipinski definition) is 5. The highest BCUT2D eigenvalue weighted by molar-refractivity contribution is 7.80. The first-order valence-corrected chi connectivity index (χ1v) is 9.87. The minimum Gasteiger partial charge on any atom is -0.489 e. The molecule has 6 nitrogen and oxygen atoms in total. The molecule has 0 aliphatic carbocycles. The van der Waals surface area contributed by atoms with Gasteiger partial charge >= 0.3 is 12.1 Å². The standard InChI is InChI=1S/C21H21F3N2O4S/c1-2-29-18(27)16-17(25-19(31)26-20(16,28)21(22,23)24)14-8-10-15(11-9-14)30-12-13-6-4-3-5-7-13/h3-11,16-17,28H,2,12H2,1H3,(H2,25,26,31)/t16-,17+,20-/m0/s1. The fourth-order valence-electron chi connectivity index (χ4n) is 3.33. The highest BCUT2D eigenvalue weighted by atomic mass is 32.1. The van der Waals surface area contributed by atoms with Gasteiger partial charge in [0.15, 0.2) is 5.11 Å². The molecule has 3 N–H and O–H groups in total. The molecule has 1 fully saturated rings. The van der Waals surface area contributed by atoms with Gasteiger partial charge in [-0.05, 0) is 42.4 Å². The fourth-order valence-corrected chi connectivity index (χ4v) is 3.61. The average molecular weight is 454 g/mol. The second-order valence-electron chi connectivity index (χ2n) is 6.91. The number of halogens is 3. The molecule has 0 amide bonds. The van der Waals surface area contributed by atoms with Crippen LogP contribution in [0.4, 0.5) is 13.2 Å². The smallest absolute Gasteiger partial charge is 0.437 e. The van der Waals surface area contributed by atoms with Gasteiger partial charge in [-0.3, -0.25) is 4.79 Å². The van der Waals surface area contributed by atoms with E-state index in [0.29, 0.717) is 17.9 Å². The van der Waals surface area contributed by atoms with Crippen molar-refractivity contribution >= 4 is 23.3 Å². The number of carbonyl (C=O) groups excluding carboxylic acids is 1. The monoisotopic (exact) mass is 454 g/mol. The maximum absolute atomic E-state index is 13.7. The van der Waals surface area contributed by atoms with Crippen molar-refractivity contribution < 1.29 is 32.5 Å². The Morgan fingerprint density at radius 1 is 1.16 bits per heavy atom. The molecule has 1 saturated heterocycles. The van der Waals surface area contributed by atoms with Crippen LogP contribution in [0.3, 0.4) is 0 Å². The quantitative estimate of drug-likeness (QED) is 0.457. The van der Waals surface area contributed by atoms with Gasteiger partial charge in [-0.1, -0.05) is 42.5 Å². The Kier molecular flexibility index (Phi) is 6.71. The lowest BCUT2D eigenvalue weighted by Crippen LogP contribution is -2.73. The third-order valence-corrected chi connectivity index (χ3v) is 5.05. The van der Waals surface area contributed by atoms with Crippen molar-refractivity contribution in [1.29, 1.82) is 0 Å². The molecule has 31 heavy (non-hydrogen) atoms. The summed E-state index contributed by atoms with van der Waals surface area (Å²) in [6.07, 6.45) is -5.19. The number of ether oxygens (including phenoxy) is 2. The van der Waals surface area contributed by atoms with Crippen LogP contribution in [0.2, 0.25) is 0 Å². The zero-order chi connectivity index (χ0) is 22.6. The predicted molar refractivity (Wildman–Crippen MR) is 110 cm³/mol. The van der Waals surface area contributed by atoms with Gasteiger partial charge in [-0.15, -0.1) is 0 Å². The van der Waals surface area contributed by atoms with E-state index in [0.717, 1.165) is 5.56 Å². The zero-order valence-corrected chi connectivity index (χ0v) is 17.3. The van der Waals surface area contributed by atoms with Crippen molar-refractivity contribution in [3.05, 3.63) is 65.7 Å². The first-order chi connectivity index (χ1) is 14.7. The SMILES string of the molecule is CCOC(=O)[C@@H]1[C@@H](c2ccc(OCc3ccccc3)cc2)NC(=S)N[C@@]1(O)C(F)(F)F. The van der Waals surface area contributed by atoms with Crippen LogP contribution in [0.15, 0.2) is 54.6 Å². The third-order valence-electron chi connectivity index (χ3n) is 4.83. The van der Waals surface area contributed by atoms with Crippen molar-refractivity contribution in [2.24, 2.45) is 5.92 Å². The molecule has 0 unspecified atom stereocenters. The number of carbonyl (C=O) groups is 1. The van der Waals surface area contributed by atoms with Crippen LogP contribution < -0.4 is 15.4 Å². The van der Waals surface area contributed by atoms with E-state index in [1.165, 1.54) is 19.1 Å². The fraction of sp³-hybridized carbons (Fsp3) is 0.333. The lowest BCUT2D eigenvalue weighted by Gasteiger charge is -2.45. The lowest BCUT2D eigenvalue weighted by atomic mass is 9.82. The van der Waals surface area contributed by atoms with Gasteiger partial charge in [-0.25, -0.2) is 0 Å². The summed E-state index contributed by atoms with van der Waals surface area (Å²) in [7, 11) is 0. The Morgan fingerprint density at radius 2 is 1.81 bits per heavy atom. The molecular formula is C21H21F3N2O4S. The predicted octanol–water partition coefficient (Wildman–Crippen LogP) is 3.21. The maximum Gasteiger partial charge on any atom is 0.437 e. The third kappa shape index (κ3) is 4.91. The Morgan fingerprint density at radius 3 is 2.39 bits per heavy atom. The molecule has 0 aromatic heterocycles. The molecule has 166 valence electrons. The first-order valence-electron chi connectivity index (χ1n) is 9.47. The van der Waals surface area contributed by atoms with Crippen molar-refractivity contribution in [2.45, 2.75) is 31.5 Å². The number of benzene rings is 2. The first kappa shape index (κ1) is 22.8. The highest BCUT2D eigenvalue weighted by Gasteiger charge is 2.66. The van der Waals surface area contributed by atoms with Gasteiger partial charge in [0.05, 0.1) is 12.6 Å². The Labute approximate surface area is 182 Å². The molecule has 2 aromatic carbocycles. The second kappa shape index (κ2) is 9.11. The molecule has 1 aliphatic heterocycles. The molecule has 0 bridgehead atoms. The van der Waals surface area contributed by atoms with Crippen LogP contribution in [-0.2, 0) is 16.1 Å². The molecule has 1 heterocycles. The van der Waals surface area contributed by atoms with E-state index in [-0.39, 0.29) is 6.61 Å². The number of esters is 1. The van der Waals surface area contributed by atoms with Crippen molar-refractivity contribution in [3.8, 4) is 5.75 Å². The number of nitrogens with one attached hydrogen (secondary N) is 2. The molecule has 1 aliphatic rings. The van der Waals surface area contributed by atoms with Gasteiger partial charge in [-0.2, -0.15) is 13.2 Å². The van der Waals surface area contributed by atoms with E-state index in [1.54, 1.807) is 17.4 Å². The maximum atomic E-state index is 13.7. The molecular weight excluding hydrogens is 433 g/mol. The summed E-state index contributed by atoms with van der Waals surface area (Å²) in [4.78, 5) is 12.4. The number of hydrogen-bond donors (Lipinski definition) is 3. The van der Waals surface area contributed by atoms with Crippen molar-refractivity contribution in [1.82, 2.24) is 10.6 Å². The van der Waals surface area contributed by atoms with Crippen molar-refractivity contribution in [3.63, 3.8) is 0 Å². The van der Waals surface area contributed by atoms with E-state index >= 15 is 0 Å². The average Bonchev–Trinajstić information content (AvgIpc) is 2.72. The number of thiocarbonyl (C=S) groups is 1. The number of aliphatic hydroxyl groups is 1. The normalized spacial score (nSPS) is 23.5. The molecule has 10 heteroatoms. The van der Waals surface area contributed by atoms with Crippen LogP contribution in [0.1, 0.15) is 24.1 Å². The number of rotatable bonds is 6. The Hall–Kier alpha value is -2.85. The van der Waals surface area contributed by atoms with Gasteiger partial charge in [0, 0.05) is 0 Å². The lowest BCUT2D eigenvalue weighted by molar-refractivity contribution is -0.292. The molecule has 0 saturated carbocycles. The van der Waals surface area contributed by atoms with E-state index in [4.69, 9.17) is 21.7 Å². The molecule has 3 rings (SSSR count). The van der Waals surface area contributed by atoms with Gasteiger partial charge in [0.1, 0.15) is 18.3 Å². The van der Waals surface area contributed by atoms with Gasteiger partial charge in [0.2, 0.25) is 0 Å². The van der Waals surface area contributed by atoms with E-state index in [9.17, 15) is 23.1 Å². The van der Waals surface area contributed by atoms with Crippen molar-refractivity contribution in [2.75, 3.05) is 6.61 Å².